The third kappa shape index (κ3) is 5.07. The predicted octanol–water partition coefficient (Wildman–Crippen LogP) is 3.16. The molecule has 2 rings (SSSR count). The number of halogens is 1. The zero-order valence-corrected chi connectivity index (χ0v) is 13.1. The Morgan fingerprint density at radius 3 is 2.43 bits per heavy atom. The molecular weight excluding hydrogens is 299 g/mol. The van der Waals surface area contributed by atoms with Crippen LogP contribution in [-0.2, 0) is 0 Å². The summed E-state index contributed by atoms with van der Waals surface area (Å²) in [6, 6.07) is 11.1. The van der Waals surface area contributed by atoms with Crippen molar-refractivity contribution in [2.45, 2.75) is 20.0 Å². The highest BCUT2D eigenvalue weighted by Gasteiger charge is 2.12. The molecule has 0 aliphatic carbocycles. The van der Waals surface area contributed by atoms with Crippen LogP contribution in [0.25, 0.3) is 0 Å². The second-order valence-electron chi connectivity index (χ2n) is 5.29. The summed E-state index contributed by atoms with van der Waals surface area (Å²) in [6.45, 7) is 3.28. The molecule has 23 heavy (non-hydrogen) atoms. The van der Waals surface area contributed by atoms with E-state index < -0.39 is 11.9 Å². The van der Waals surface area contributed by atoms with Gasteiger partial charge in [0.1, 0.15) is 36.6 Å². The van der Waals surface area contributed by atoms with Crippen LogP contribution in [0.4, 0.5) is 4.39 Å². The molecule has 0 aromatic heterocycles. The van der Waals surface area contributed by atoms with E-state index >= 15 is 0 Å². The van der Waals surface area contributed by atoms with Crippen LogP contribution in [0.2, 0.25) is 0 Å². The maximum Gasteiger partial charge on any atom is 0.163 e. The number of aliphatic hydroxyl groups is 1. The molecule has 0 saturated carbocycles. The third-order valence-corrected chi connectivity index (χ3v) is 3.22. The molecule has 2 aromatic rings. The molecular formula is C18H19FO4. The van der Waals surface area contributed by atoms with Crippen molar-refractivity contribution in [3.8, 4) is 11.5 Å². The summed E-state index contributed by atoms with van der Waals surface area (Å²) in [5.41, 5.74) is 1.39. The second-order valence-corrected chi connectivity index (χ2v) is 5.29. The van der Waals surface area contributed by atoms with Crippen LogP contribution >= 0.6 is 0 Å². The van der Waals surface area contributed by atoms with E-state index in [0.29, 0.717) is 5.75 Å². The summed E-state index contributed by atoms with van der Waals surface area (Å²) in [6.07, 6.45) is -0.903. The Hall–Kier alpha value is -2.40. The highest BCUT2D eigenvalue weighted by Crippen LogP contribution is 2.21. The topological polar surface area (TPSA) is 55.8 Å². The first-order valence-corrected chi connectivity index (χ1v) is 7.26. The molecule has 5 heteroatoms. The number of rotatable bonds is 7. The Kier molecular flexibility index (Phi) is 5.71. The molecule has 0 heterocycles. The van der Waals surface area contributed by atoms with Gasteiger partial charge >= 0.3 is 0 Å². The van der Waals surface area contributed by atoms with E-state index in [2.05, 4.69) is 0 Å². The number of aryl methyl sites for hydroxylation is 1. The van der Waals surface area contributed by atoms with Gasteiger partial charge in [0.05, 0.1) is 5.56 Å². The van der Waals surface area contributed by atoms with Gasteiger partial charge in [-0.15, -0.1) is 0 Å². The van der Waals surface area contributed by atoms with Gasteiger partial charge in [-0.05, 0) is 38.1 Å². The zero-order chi connectivity index (χ0) is 16.8. The van der Waals surface area contributed by atoms with Gasteiger partial charge in [-0.25, -0.2) is 4.39 Å². The minimum Gasteiger partial charge on any atom is -0.491 e. The first kappa shape index (κ1) is 17.0. The molecule has 0 amide bonds. The van der Waals surface area contributed by atoms with Gasteiger partial charge < -0.3 is 14.6 Å². The lowest BCUT2D eigenvalue weighted by molar-refractivity contribution is 0.0619. The molecule has 0 radical (unpaired) electrons. The van der Waals surface area contributed by atoms with Crippen molar-refractivity contribution >= 4 is 5.78 Å². The van der Waals surface area contributed by atoms with Crippen LogP contribution in [0, 0.1) is 12.7 Å². The van der Waals surface area contributed by atoms with E-state index in [1.54, 1.807) is 0 Å². The quantitative estimate of drug-likeness (QED) is 0.797. The first-order valence-electron chi connectivity index (χ1n) is 7.26. The Labute approximate surface area is 134 Å². The summed E-state index contributed by atoms with van der Waals surface area (Å²) >= 11 is 0. The monoisotopic (exact) mass is 318 g/mol. The molecule has 1 atom stereocenters. The van der Waals surface area contributed by atoms with Gasteiger partial charge in [0, 0.05) is 6.07 Å². The minimum atomic E-state index is -0.903. The van der Waals surface area contributed by atoms with E-state index in [-0.39, 0.29) is 30.3 Å². The highest BCUT2D eigenvalue weighted by molar-refractivity contribution is 5.96. The average Bonchev–Trinajstić information content (AvgIpc) is 2.52. The highest BCUT2D eigenvalue weighted by atomic mass is 19.1. The largest absolute Gasteiger partial charge is 0.491 e. The molecule has 0 spiro atoms. The maximum atomic E-state index is 13.3. The molecule has 0 bridgehead atoms. The smallest absolute Gasteiger partial charge is 0.163 e. The lowest BCUT2D eigenvalue weighted by Crippen LogP contribution is -2.25. The maximum absolute atomic E-state index is 13.3. The van der Waals surface area contributed by atoms with Crippen molar-refractivity contribution in [3.63, 3.8) is 0 Å². The number of benzene rings is 2. The molecule has 0 fully saturated rings. The first-order chi connectivity index (χ1) is 11.0. The van der Waals surface area contributed by atoms with Crippen LogP contribution < -0.4 is 9.47 Å². The van der Waals surface area contributed by atoms with Crippen molar-refractivity contribution in [1.82, 2.24) is 0 Å². The minimum absolute atomic E-state index is 0.0355. The van der Waals surface area contributed by atoms with Gasteiger partial charge in [-0.3, -0.25) is 4.79 Å². The average molecular weight is 318 g/mol. The number of Topliss-reactive ketones (excluding diaryl/α,β-unsaturated/α-hetero) is 1. The SMILES string of the molecule is CC(=O)c1ccc(F)cc1OCC(O)COc1ccc(C)cc1. The zero-order valence-electron chi connectivity index (χ0n) is 13.1. The lowest BCUT2D eigenvalue weighted by atomic mass is 10.1. The fourth-order valence-corrected chi connectivity index (χ4v) is 1.97. The number of carbonyl (C=O) groups is 1. The van der Waals surface area contributed by atoms with Crippen molar-refractivity contribution in [2.24, 2.45) is 0 Å². The van der Waals surface area contributed by atoms with Crippen molar-refractivity contribution in [2.75, 3.05) is 13.2 Å². The molecule has 2 aromatic carbocycles. The molecule has 1 N–H and O–H groups in total. The van der Waals surface area contributed by atoms with Gasteiger partial charge in [0.15, 0.2) is 5.78 Å². The summed E-state index contributed by atoms with van der Waals surface area (Å²) in [4.78, 5) is 11.5. The van der Waals surface area contributed by atoms with Crippen LogP contribution in [0.5, 0.6) is 11.5 Å². The Bertz CT molecular complexity index is 667. The molecule has 0 saturated heterocycles. The van der Waals surface area contributed by atoms with E-state index in [9.17, 15) is 14.3 Å². The van der Waals surface area contributed by atoms with E-state index in [1.165, 1.54) is 19.1 Å². The number of hydrogen-bond acceptors (Lipinski definition) is 4. The molecule has 122 valence electrons. The van der Waals surface area contributed by atoms with E-state index in [4.69, 9.17) is 9.47 Å². The normalized spacial score (nSPS) is 11.8. The number of hydrogen-bond donors (Lipinski definition) is 1. The van der Waals surface area contributed by atoms with Crippen molar-refractivity contribution < 1.29 is 23.8 Å². The standard InChI is InChI=1S/C18H19FO4/c1-12-3-6-16(7-4-12)22-10-15(21)11-23-18-9-14(19)5-8-17(18)13(2)20/h3-9,15,21H,10-11H2,1-2H3. The predicted molar refractivity (Wildman–Crippen MR) is 84.6 cm³/mol. The van der Waals surface area contributed by atoms with Gasteiger partial charge in [-0.1, -0.05) is 17.7 Å². The van der Waals surface area contributed by atoms with Crippen LogP contribution in [0.3, 0.4) is 0 Å². The molecule has 1 unspecified atom stereocenters. The fraction of sp³-hybridized carbons (Fsp3) is 0.278. The van der Waals surface area contributed by atoms with Crippen LogP contribution in [0.1, 0.15) is 22.8 Å². The fourth-order valence-electron chi connectivity index (χ4n) is 1.97. The molecule has 4 nitrogen and oxygen atoms in total. The number of ketones is 1. The van der Waals surface area contributed by atoms with Crippen molar-refractivity contribution in [1.29, 1.82) is 0 Å². The third-order valence-electron chi connectivity index (χ3n) is 3.22. The molecule has 0 aliphatic rings. The number of aliphatic hydroxyl groups excluding tert-OH is 1. The van der Waals surface area contributed by atoms with E-state index in [0.717, 1.165) is 11.6 Å². The van der Waals surface area contributed by atoms with Gasteiger partial charge in [0.25, 0.3) is 0 Å². The second kappa shape index (κ2) is 7.74. The molecule has 0 aliphatic heterocycles. The van der Waals surface area contributed by atoms with Crippen LogP contribution in [0.15, 0.2) is 42.5 Å². The summed E-state index contributed by atoms with van der Waals surface area (Å²) in [7, 11) is 0. The number of ether oxygens (including phenoxy) is 2. The summed E-state index contributed by atoms with van der Waals surface area (Å²) in [5, 5.41) is 9.90. The Morgan fingerprint density at radius 1 is 1.13 bits per heavy atom. The summed E-state index contributed by atoms with van der Waals surface area (Å²) in [5.74, 6) is 0.0255. The van der Waals surface area contributed by atoms with Gasteiger partial charge in [0.2, 0.25) is 0 Å². The van der Waals surface area contributed by atoms with Crippen LogP contribution in [-0.4, -0.2) is 30.2 Å². The number of carbonyl (C=O) groups excluding carboxylic acids is 1. The Balaban J connectivity index is 1.89. The van der Waals surface area contributed by atoms with Crippen molar-refractivity contribution in [3.05, 3.63) is 59.4 Å². The van der Waals surface area contributed by atoms with Gasteiger partial charge in [-0.2, -0.15) is 0 Å². The lowest BCUT2D eigenvalue weighted by Gasteiger charge is -2.15. The summed E-state index contributed by atoms with van der Waals surface area (Å²) < 4.78 is 24.1. The van der Waals surface area contributed by atoms with E-state index in [1.807, 2.05) is 31.2 Å². The Morgan fingerprint density at radius 2 is 1.78 bits per heavy atom.